The van der Waals surface area contributed by atoms with E-state index in [-0.39, 0.29) is 86.6 Å². The first-order chi connectivity index (χ1) is 64.5. The van der Waals surface area contributed by atoms with Crippen molar-refractivity contribution in [2.75, 3.05) is 26.2 Å². The molecule has 0 aliphatic carbocycles. The molecule has 56 heteroatoms. The number of benzene rings is 4. The number of carbonyl (C=O) groups is 16. The zero-order chi connectivity index (χ0) is 109. The van der Waals surface area contributed by atoms with Gasteiger partial charge in [0.05, 0.1) is 31.1 Å². The number of carbonyl (C=O) groups excluding carboxylic acids is 2. The Morgan fingerprint density at radius 1 is 0.460 bits per heavy atom. The molecule has 0 unspecified atom stereocenters. The molecule has 14 atom stereocenters. The van der Waals surface area contributed by atoms with Crippen LogP contribution in [0.15, 0.2) is 121 Å². The standard InChI is InChI=1S/C11H12N2O2.3C9H11NO3.C6H9N3O2.C6H14N2O2.C6H13NO2.C5H10N2O3.C5H9NO2.C5H11NO2.C4H8N2O3.C4H9NO3.C2H3N3O2.C2H5NO2/c12-9(11(14)15)5-7-6-13-10-4-2-1-3-8(7)10;3*10-8(9(12)13)5-6-1-3-7(11)4-2-6;7-5(6(10)11)1-4-2-8-3-9-4;7-4-2-1-3-5(8)6(9)10;1-3-4(2)5(7)6(8)9;6-3(5(9)10)1-2-4(7)8;7-5(8)4-2-1-3-6-4;1-3(2)4(6)5(7)8;5-2(4(8)9)1-3(6)7;1-2(6)3(5)4(7)8;3-5-4-1-2(6)7;3-1-2(4)5/h1-4,6,9,13H,5,12H2,(H,14,15);3*1-4,8,11H,5,10H2,(H,12,13);2-3,5H,1,7H2,(H,8,9)(H,10,11);5H,1-4,7-8H2,(H,9,10);4-5H,3,7H2,1-2H3,(H,8,9);3H,1-2,6H2,(H2,7,8)(H,9,10);4,6H,1-3H2,(H,7,8);3-4H,6H2,1-2H3,(H,7,8);2H,1,5H2,(H2,6,7)(H,8,9);2-3,6H,5H2,1H3,(H,7,8);1H2,(H,6,7);1,3H2,(H,4,5)/t9-;3*8-;2*5-;4-,5-;3-;2*4-;2-;2-,3+;;/m000000000001../s1. The topological polar surface area (TPSA) is 1130 Å². The van der Waals surface area contributed by atoms with E-state index in [9.17, 15) is 76.7 Å². The minimum Gasteiger partial charge on any atom is -0.508 e. The van der Waals surface area contributed by atoms with Gasteiger partial charge in [0.15, 0.2) is 0 Å². The summed E-state index contributed by atoms with van der Waals surface area (Å²) in [7, 11) is 0. The van der Waals surface area contributed by atoms with Crippen molar-refractivity contribution in [1.82, 2.24) is 20.3 Å². The van der Waals surface area contributed by atoms with Gasteiger partial charge in [-0.15, -0.1) is 0 Å². The number of primary amides is 2. The lowest BCUT2D eigenvalue weighted by atomic mass is 10.0. The third kappa shape index (κ3) is 79.2. The van der Waals surface area contributed by atoms with E-state index in [4.69, 9.17) is 172 Å². The third-order valence-electron chi connectivity index (χ3n) is 17.1. The molecule has 3 heterocycles. The number of H-pyrrole nitrogens is 2. The molecule has 0 bridgehead atoms. The maximum absolute atomic E-state index is 10.6. The van der Waals surface area contributed by atoms with Gasteiger partial charge in [0, 0.05) is 47.5 Å². The Balaban J connectivity index is -0.000000272. The van der Waals surface area contributed by atoms with Crippen molar-refractivity contribution < 1.29 is 169 Å². The number of amides is 2. The summed E-state index contributed by atoms with van der Waals surface area (Å²) in [5.74, 6) is -14.8. The number of aliphatic hydroxyl groups is 1. The van der Waals surface area contributed by atoms with Crippen LogP contribution in [0.5, 0.6) is 17.2 Å². The fourth-order valence-corrected chi connectivity index (χ4v) is 8.59. The summed E-state index contributed by atoms with van der Waals surface area (Å²) >= 11 is 0. The zero-order valence-electron chi connectivity index (χ0n) is 76.9. The van der Waals surface area contributed by atoms with Crippen molar-refractivity contribution >= 4 is 106 Å². The zero-order valence-corrected chi connectivity index (χ0v) is 76.9. The van der Waals surface area contributed by atoms with Crippen LogP contribution < -0.4 is 91.3 Å². The predicted molar refractivity (Wildman–Crippen MR) is 500 cm³/mol. The van der Waals surface area contributed by atoms with Gasteiger partial charge in [0.1, 0.15) is 96.3 Å². The first-order valence-electron chi connectivity index (χ1n) is 41.2. The Bertz CT molecular complexity index is 4410. The number of aromatic amines is 2. The summed E-state index contributed by atoms with van der Waals surface area (Å²) in [5.41, 5.74) is 88.9. The fourth-order valence-electron chi connectivity index (χ4n) is 8.59. The van der Waals surface area contributed by atoms with Crippen molar-refractivity contribution in [2.45, 2.75) is 203 Å². The molecular formula is C83H136N22O34. The maximum atomic E-state index is 10.6. The fraction of sp³-hybridized carbons (Fsp3) is 0.458. The van der Waals surface area contributed by atoms with Gasteiger partial charge in [0.25, 0.3) is 0 Å². The Morgan fingerprint density at radius 3 is 1.08 bits per heavy atom. The van der Waals surface area contributed by atoms with Crippen molar-refractivity contribution in [3.8, 4) is 17.2 Å². The molecule has 4 aromatic carbocycles. The van der Waals surface area contributed by atoms with Crippen LogP contribution >= 0.6 is 0 Å². The lowest BCUT2D eigenvalue weighted by Crippen LogP contribution is -2.39. The van der Waals surface area contributed by atoms with E-state index in [0.29, 0.717) is 25.1 Å². The average molecular weight is 1990 g/mol. The second-order valence-corrected chi connectivity index (χ2v) is 29.3. The number of imidazole rings is 1. The number of para-hydroxylation sites is 1. The summed E-state index contributed by atoms with van der Waals surface area (Å²) in [6.07, 6.45) is 9.96. The molecule has 6 aromatic rings. The minimum absolute atomic E-state index is 0.0208. The van der Waals surface area contributed by atoms with E-state index in [2.05, 4.69) is 41.8 Å². The summed E-state index contributed by atoms with van der Waals surface area (Å²) < 4.78 is 0. The van der Waals surface area contributed by atoms with Crippen LogP contribution in [-0.4, -0.2) is 307 Å². The molecule has 0 spiro atoms. The summed E-state index contributed by atoms with van der Waals surface area (Å²) in [5, 5.41) is 158. The van der Waals surface area contributed by atoms with Crippen LogP contribution in [0.4, 0.5) is 0 Å². The summed E-state index contributed by atoms with van der Waals surface area (Å²) in [6.45, 7) is 9.35. The van der Waals surface area contributed by atoms with Gasteiger partial charge in [-0.25, -0.2) is 4.98 Å². The van der Waals surface area contributed by atoms with Crippen molar-refractivity contribution in [2.24, 2.45) is 103 Å². The molecule has 7 rings (SSSR count). The lowest BCUT2D eigenvalue weighted by Gasteiger charge is -2.11. The molecule has 0 saturated carbocycles. The number of carboxylic acid groups (broad SMARTS) is 14. The van der Waals surface area contributed by atoms with Gasteiger partial charge < -0.3 is 193 Å². The van der Waals surface area contributed by atoms with Gasteiger partial charge in [0.2, 0.25) is 11.8 Å². The Kier molecular flexibility index (Phi) is 79.5. The molecule has 1 aliphatic heterocycles. The lowest BCUT2D eigenvalue weighted by molar-refractivity contribution is -0.141. The van der Waals surface area contributed by atoms with Crippen LogP contribution in [0.2, 0.25) is 0 Å². The number of aromatic nitrogens is 3. The molecule has 1 fully saturated rings. The number of aromatic hydroxyl groups is 3. The maximum Gasteiger partial charge on any atom is 0.323 e. The van der Waals surface area contributed by atoms with Gasteiger partial charge in [-0.05, 0) is 153 Å². The predicted octanol–water partition coefficient (Wildman–Crippen LogP) is -3.50. The minimum atomic E-state index is -1.21. The van der Waals surface area contributed by atoms with Crippen LogP contribution in [0.3, 0.4) is 0 Å². The van der Waals surface area contributed by atoms with Crippen LogP contribution in [0.1, 0.15) is 120 Å². The van der Waals surface area contributed by atoms with E-state index in [0.717, 1.165) is 71.8 Å². The van der Waals surface area contributed by atoms with E-state index in [1.807, 2.05) is 44.3 Å². The molecule has 782 valence electrons. The highest BCUT2D eigenvalue weighted by Crippen LogP contribution is 2.19. The molecule has 2 aromatic heterocycles. The van der Waals surface area contributed by atoms with Gasteiger partial charge in [-0.3, -0.25) is 76.7 Å². The van der Waals surface area contributed by atoms with Crippen LogP contribution in [0.25, 0.3) is 21.3 Å². The van der Waals surface area contributed by atoms with Gasteiger partial charge >= 0.3 is 83.6 Å². The average Bonchev–Trinajstić information content (AvgIpc) is 1.69. The molecule has 0 radical (unpaired) electrons. The quantitative estimate of drug-likeness (QED) is 0.00774. The highest BCUT2D eigenvalue weighted by Gasteiger charge is 2.23. The number of phenols is 3. The number of rotatable bonds is 38. The van der Waals surface area contributed by atoms with Crippen LogP contribution in [0, 0.1) is 11.8 Å². The first kappa shape index (κ1) is 137. The monoisotopic (exact) mass is 1980 g/mol. The van der Waals surface area contributed by atoms with E-state index in [1.54, 1.807) is 56.4 Å². The second-order valence-electron chi connectivity index (χ2n) is 29.3. The number of unbranched alkanes of at least 4 members (excludes halogenated alkanes) is 1. The Hall–Kier alpha value is -14.7. The largest absolute Gasteiger partial charge is 0.508 e. The number of nitrogens with one attached hydrogen (secondary N) is 3. The van der Waals surface area contributed by atoms with Crippen molar-refractivity contribution in [3.05, 3.63) is 154 Å². The number of nitrogens with zero attached hydrogens (tertiary/aromatic N) is 4. The van der Waals surface area contributed by atoms with Crippen molar-refractivity contribution in [1.29, 1.82) is 0 Å². The van der Waals surface area contributed by atoms with E-state index >= 15 is 0 Å². The number of fused-ring (bicyclic) bond motifs is 1. The normalized spacial score (nSPS) is 13.7. The molecular weight excluding hydrogens is 1850 g/mol. The molecule has 1 aliphatic rings. The molecule has 56 nitrogen and oxygen atoms in total. The van der Waals surface area contributed by atoms with Gasteiger partial charge in [-0.1, -0.05) is 100 Å². The molecule has 51 N–H and O–H groups in total. The highest BCUT2D eigenvalue weighted by atomic mass is 16.4. The number of hydrogen-bond acceptors (Lipinski definition) is 36. The third-order valence-corrected chi connectivity index (χ3v) is 17.1. The number of nitrogens with two attached hydrogens (primary N) is 15. The number of azide groups is 1. The van der Waals surface area contributed by atoms with Crippen LogP contribution in [-0.2, 0) is 109 Å². The number of carboxylic acids is 14. The smallest absolute Gasteiger partial charge is 0.323 e. The number of hydrogen-bond donors (Lipinski definition) is 36. The molecule has 1 saturated heterocycles. The van der Waals surface area contributed by atoms with Gasteiger partial charge in [-0.2, -0.15) is 0 Å². The summed E-state index contributed by atoms with van der Waals surface area (Å²) in [6, 6.07) is 16.6. The highest BCUT2D eigenvalue weighted by molar-refractivity contribution is 5.85. The number of aliphatic hydroxyl groups excluding tert-OH is 1. The Morgan fingerprint density at radius 2 is 0.835 bits per heavy atom. The Labute approximate surface area is 795 Å². The molecule has 139 heavy (non-hydrogen) atoms. The molecule has 2 amide bonds. The first-order valence-corrected chi connectivity index (χ1v) is 41.2. The van der Waals surface area contributed by atoms with E-state index in [1.165, 1.54) is 49.6 Å². The second kappa shape index (κ2) is 80.5. The number of phenolic OH excluding ortho intramolecular Hbond substituents is 3. The SMILES string of the molecule is CC(C)[C@H](N)C(=O)O.CC[C@H](C)[C@H](N)C(=O)O.C[C@@H](O)[C@H](N)C(=O)O.NC(=O)CC[C@H](N)C(=O)O.NC(=O)C[C@H](N)C(=O)O.NCC(=O)O.NCCCC[C@H](N)C(=O)O.N[C@@H](Cc1c[nH]c2ccccc12)C(=O)O.N[C@@H](Cc1c[nH]cn1)C(=O)O.N[C@@H](Cc1ccc(O)cc1)C(=O)O.N[C@@H](Cc1ccc(O)cc1)C(=O)O.N[C@@H](Cc1ccc(O)cc1)C(=O)O.O=C(O)[C@@H]1CCCN1.[N-]=[N+]=NCC(=O)O. The van der Waals surface area contributed by atoms with Crippen molar-refractivity contribution in [3.63, 3.8) is 0 Å². The summed E-state index contributed by atoms with van der Waals surface area (Å²) in [4.78, 5) is 173. The number of aliphatic carboxylic acids is 14. The van der Waals surface area contributed by atoms with E-state index < -0.39 is 174 Å².